The Morgan fingerprint density at radius 1 is 0.979 bits per heavy atom. The molecule has 1 aromatic carbocycles. The highest BCUT2D eigenvalue weighted by Gasteiger charge is 2.91. The van der Waals surface area contributed by atoms with Crippen molar-refractivity contribution in [1.29, 1.82) is 0 Å². The second-order valence-corrected chi connectivity index (χ2v) is 14.5. The summed E-state index contributed by atoms with van der Waals surface area (Å²) in [5, 5.41) is 12.8. The predicted octanol–water partition coefficient (Wildman–Crippen LogP) is 2.24. The number of benzene rings is 1. The van der Waals surface area contributed by atoms with Crippen LogP contribution in [0.15, 0.2) is 24.3 Å². The Balaban J connectivity index is 1.48. The Kier molecular flexibility index (Phi) is 7.76. The molecule has 7 bridgehead atoms. The molecule has 13 atom stereocenters. The number of amides is 1. The van der Waals surface area contributed by atoms with E-state index < -0.39 is 76.1 Å². The number of nitrogens with zero attached hydrogens (tertiary/aromatic N) is 1. The van der Waals surface area contributed by atoms with Crippen LogP contribution in [0.25, 0.3) is 0 Å². The zero-order valence-corrected chi connectivity index (χ0v) is 28.2. The standard InChI is InChI=1S/C35H47NO11/c1-8-36-28-25-26(45-7)27-32(17-41-3,31(36)39)14-13-22(43-5)35(27,28)21-15-33(40)23(44-6)16-34(25,47-18(2)37)24(21)29(33)46-30(38)19-9-11-20(42-4)12-10-19/h9-12,21-29,40H,8,13-17H2,1-7H3/t21-,22+,23+,24-,25+,26+,27-,28-,29-,32+,33+,34-,35+/m1/s1. The molecule has 0 radical (unpaired) electrons. The van der Waals surface area contributed by atoms with Crippen molar-refractivity contribution in [2.45, 2.75) is 81.2 Å². The van der Waals surface area contributed by atoms with Crippen LogP contribution < -0.4 is 4.74 Å². The summed E-state index contributed by atoms with van der Waals surface area (Å²) < 4.78 is 43.0. The second kappa shape index (κ2) is 11.1. The number of rotatable bonds is 10. The van der Waals surface area contributed by atoms with E-state index in [9.17, 15) is 19.5 Å². The number of likely N-dealkylation sites (tertiary alicyclic amines) is 1. The van der Waals surface area contributed by atoms with Gasteiger partial charge in [0, 0.05) is 77.5 Å². The maximum absolute atomic E-state index is 14.7. The number of piperidine rings is 1. The number of methoxy groups -OCH3 is 5. The third-order valence-corrected chi connectivity index (χ3v) is 13.2. The molecule has 6 fully saturated rings. The third-order valence-electron chi connectivity index (χ3n) is 13.2. The first-order valence-electron chi connectivity index (χ1n) is 16.7. The first kappa shape index (κ1) is 32.8. The molecule has 1 saturated heterocycles. The van der Waals surface area contributed by atoms with Gasteiger partial charge in [-0.05, 0) is 56.4 Å². The summed E-state index contributed by atoms with van der Waals surface area (Å²) in [7, 11) is 8.03. The van der Waals surface area contributed by atoms with Gasteiger partial charge in [-0.1, -0.05) is 0 Å². The Morgan fingerprint density at radius 3 is 2.26 bits per heavy atom. The number of aliphatic hydroxyl groups is 1. The van der Waals surface area contributed by atoms with Gasteiger partial charge in [-0.3, -0.25) is 9.59 Å². The molecule has 1 amide bonds. The SMILES string of the molecule is CCN1C(=O)[C@]2(COC)CC[C@H](OC)[C@@]34[C@@H]5C[C@]6(O)[C@@H](OC)C[C@@](OC(C)=O)([C@H]5[C@H]6OC(=O)c5ccc(OC)cc5)[C@@H]([C@H](OC)[C@H]23)[C@@H]14. The minimum Gasteiger partial charge on any atom is -0.497 e. The number of fused-ring (bicyclic) bond motifs is 2. The molecule has 12 heteroatoms. The van der Waals surface area contributed by atoms with E-state index in [0.29, 0.717) is 30.7 Å². The highest BCUT2D eigenvalue weighted by atomic mass is 16.6. The lowest BCUT2D eigenvalue weighted by atomic mass is 9.43. The summed E-state index contributed by atoms with van der Waals surface area (Å²) in [5.41, 5.74) is -4.26. The zero-order chi connectivity index (χ0) is 33.7. The molecule has 5 aliphatic carbocycles. The summed E-state index contributed by atoms with van der Waals surface area (Å²) in [4.78, 5) is 43.8. The van der Waals surface area contributed by atoms with Crippen molar-refractivity contribution >= 4 is 17.8 Å². The summed E-state index contributed by atoms with van der Waals surface area (Å²) in [6.07, 6.45) is -1.27. The Hall–Kier alpha value is -2.77. The van der Waals surface area contributed by atoms with Crippen LogP contribution in [0.1, 0.15) is 49.9 Å². The van der Waals surface area contributed by atoms with Crippen molar-refractivity contribution in [3.8, 4) is 5.75 Å². The summed E-state index contributed by atoms with van der Waals surface area (Å²) in [6.45, 7) is 3.96. The van der Waals surface area contributed by atoms with Crippen LogP contribution in [0, 0.1) is 34.5 Å². The average Bonchev–Trinajstić information content (AvgIpc) is 3.45. The van der Waals surface area contributed by atoms with E-state index in [1.807, 2.05) is 11.8 Å². The molecule has 258 valence electrons. The van der Waals surface area contributed by atoms with E-state index >= 15 is 0 Å². The van der Waals surface area contributed by atoms with Crippen LogP contribution in [-0.2, 0) is 38.0 Å². The fourth-order valence-corrected chi connectivity index (χ4v) is 12.2. The van der Waals surface area contributed by atoms with Crippen LogP contribution in [0.5, 0.6) is 5.75 Å². The summed E-state index contributed by atoms with van der Waals surface area (Å²) in [5.74, 6) is -2.43. The van der Waals surface area contributed by atoms with Crippen molar-refractivity contribution in [3.05, 3.63) is 29.8 Å². The number of esters is 2. The molecule has 0 aromatic heterocycles. The van der Waals surface area contributed by atoms with Crippen LogP contribution >= 0.6 is 0 Å². The average molecular weight is 658 g/mol. The lowest BCUT2D eigenvalue weighted by Crippen LogP contribution is -2.78. The molecule has 1 spiro atoms. The Labute approximate surface area is 275 Å². The quantitative estimate of drug-likeness (QED) is 0.371. The van der Waals surface area contributed by atoms with Gasteiger partial charge in [0.2, 0.25) is 5.91 Å². The molecule has 1 N–H and O–H groups in total. The van der Waals surface area contributed by atoms with Gasteiger partial charge in [-0.15, -0.1) is 0 Å². The van der Waals surface area contributed by atoms with Crippen LogP contribution in [0.3, 0.4) is 0 Å². The van der Waals surface area contributed by atoms with E-state index in [1.54, 1.807) is 52.7 Å². The molecular weight excluding hydrogens is 610 g/mol. The van der Waals surface area contributed by atoms with E-state index in [0.717, 1.165) is 0 Å². The molecule has 12 nitrogen and oxygen atoms in total. The molecule has 7 rings (SSSR count). The van der Waals surface area contributed by atoms with Crippen LogP contribution in [-0.4, -0.2) is 118 Å². The van der Waals surface area contributed by atoms with Gasteiger partial charge in [-0.25, -0.2) is 4.79 Å². The van der Waals surface area contributed by atoms with Crippen molar-refractivity contribution in [3.63, 3.8) is 0 Å². The maximum atomic E-state index is 14.7. The number of carbonyl (C=O) groups is 3. The first-order valence-corrected chi connectivity index (χ1v) is 16.7. The lowest BCUT2D eigenvalue weighted by molar-refractivity contribution is -0.281. The Bertz CT molecular complexity index is 1440. The minimum absolute atomic E-state index is 0.0139. The van der Waals surface area contributed by atoms with E-state index in [4.69, 9.17) is 33.2 Å². The van der Waals surface area contributed by atoms with Gasteiger partial charge in [0.25, 0.3) is 0 Å². The summed E-state index contributed by atoms with van der Waals surface area (Å²) >= 11 is 0. The summed E-state index contributed by atoms with van der Waals surface area (Å²) in [6, 6.07) is 6.16. The number of hydrogen-bond donors (Lipinski definition) is 1. The molecule has 47 heavy (non-hydrogen) atoms. The maximum Gasteiger partial charge on any atom is 0.338 e. The predicted molar refractivity (Wildman–Crippen MR) is 164 cm³/mol. The van der Waals surface area contributed by atoms with Gasteiger partial charge >= 0.3 is 11.9 Å². The fourth-order valence-electron chi connectivity index (χ4n) is 12.2. The van der Waals surface area contributed by atoms with E-state index in [1.165, 1.54) is 14.0 Å². The molecule has 1 aromatic rings. The second-order valence-electron chi connectivity index (χ2n) is 14.5. The molecule has 5 saturated carbocycles. The lowest BCUT2D eigenvalue weighted by Gasteiger charge is -2.68. The smallest absolute Gasteiger partial charge is 0.338 e. The normalized spacial score (nSPS) is 45.5. The fraction of sp³-hybridized carbons (Fsp3) is 0.743. The minimum atomic E-state index is -1.60. The van der Waals surface area contributed by atoms with Gasteiger partial charge in [0.05, 0.1) is 43.0 Å². The topological polar surface area (TPSA) is 139 Å². The van der Waals surface area contributed by atoms with Gasteiger partial charge in [0.15, 0.2) is 0 Å². The van der Waals surface area contributed by atoms with Gasteiger partial charge in [-0.2, -0.15) is 0 Å². The van der Waals surface area contributed by atoms with Gasteiger partial charge in [0.1, 0.15) is 23.1 Å². The number of ether oxygens (including phenoxy) is 7. The van der Waals surface area contributed by atoms with E-state index in [-0.39, 0.29) is 37.4 Å². The number of hydrogen-bond acceptors (Lipinski definition) is 11. The molecule has 1 aliphatic heterocycles. The monoisotopic (exact) mass is 657 g/mol. The highest BCUT2D eigenvalue weighted by molar-refractivity contribution is 5.90. The van der Waals surface area contributed by atoms with Crippen LogP contribution in [0.4, 0.5) is 0 Å². The number of carbonyl (C=O) groups excluding carboxylic acids is 3. The van der Waals surface area contributed by atoms with E-state index in [2.05, 4.69) is 0 Å². The van der Waals surface area contributed by atoms with Crippen molar-refractivity contribution in [1.82, 2.24) is 4.90 Å². The van der Waals surface area contributed by atoms with Gasteiger partial charge < -0.3 is 43.2 Å². The van der Waals surface area contributed by atoms with Crippen molar-refractivity contribution < 1.29 is 52.6 Å². The van der Waals surface area contributed by atoms with Crippen molar-refractivity contribution in [2.75, 3.05) is 48.7 Å². The zero-order valence-electron chi connectivity index (χ0n) is 28.2. The first-order chi connectivity index (χ1) is 22.5. The largest absolute Gasteiger partial charge is 0.497 e. The molecule has 1 heterocycles. The molecule has 6 aliphatic rings. The van der Waals surface area contributed by atoms with Crippen molar-refractivity contribution in [2.24, 2.45) is 34.5 Å². The van der Waals surface area contributed by atoms with Crippen LogP contribution in [0.2, 0.25) is 0 Å². The molecule has 0 unspecified atom stereocenters. The Morgan fingerprint density at radius 2 is 1.68 bits per heavy atom. The third kappa shape index (κ3) is 3.85. The molecular formula is C35H47NO11. The highest BCUT2D eigenvalue weighted by Crippen LogP contribution is 2.80.